The number of benzene rings is 2. The molecular formula is C22H21ClN4O2. The van der Waals surface area contributed by atoms with Gasteiger partial charge in [-0.05, 0) is 37.1 Å². The van der Waals surface area contributed by atoms with Crippen LogP contribution >= 0.6 is 11.6 Å². The number of nitrogens with zero attached hydrogens (tertiary/aromatic N) is 3. The van der Waals surface area contributed by atoms with E-state index < -0.39 is 0 Å². The minimum atomic E-state index is -0.296. The van der Waals surface area contributed by atoms with E-state index in [2.05, 4.69) is 0 Å². The van der Waals surface area contributed by atoms with Gasteiger partial charge < -0.3 is 10.6 Å². The van der Waals surface area contributed by atoms with Crippen molar-refractivity contribution < 1.29 is 9.59 Å². The average molecular weight is 409 g/mol. The van der Waals surface area contributed by atoms with Gasteiger partial charge in [-0.3, -0.25) is 9.59 Å². The summed E-state index contributed by atoms with van der Waals surface area (Å²) in [6.45, 7) is 1.01. The Hall–Kier alpha value is -3.12. The first kappa shape index (κ1) is 19.2. The van der Waals surface area contributed by atoms with E-state index in [1.807, 2.05) is 42.5 Å². The zero-order valence-electron chi connectivity index (χ0n) is 15.8. The van der Waals surface area contributed by atoms with Crippen LogP contribution in [0.4, 0.5) is 0 Å². The molecule has 29 heavy (non-hydrogen) atoms. The predicted molar refractivity (Wildman–Crippen MR) is 112 cm³/mol. The number of aromatic nitrogens is 2. The van der Waals surface area contributed by atoms with Crippen LogP contribution in [0.15, 0.2) is 60.8 Å². The first-order chi connectivity index (χ1) is 14.0. The summed E-state index contributed by atoms with van der Waals surface area (Å²) in [6, 6.07) is 16.9. The second kappa shape index (κ2) is 8.09. The van der Waals surface area contributed by atoms with Crippen molar-refractivity contribution in [1.82, 2.24) is 14.7 Å². The van der Waals surface area contributed by atoms with Gasteiger partial charge in [0.2, 0.25) is 5.91 Å². The van der Waals surface area contributed by atoms with E-state index in [9.17, 15) is 9.59 Å². The number of nitrogens with two attached hydrogens (primary N) is 1. The molecule has 0 atom stereocenters. The summed E-state index contributed by atoms with van der Waals surface area (Å²) in [5, 5.41) is 5.31. The third-order valence-corrected chi connectivity index (χ3v) is 5.52. The van der Waals surface area contributed by atoms with E-state index in [0.29, 0.717) is 42.2 Å². The molecule has 7 heteroatoms. The van der Waals surface area contributed by atoms with Crippen molar-refractivity contribution in [3.8, 4) is 16.9 Å². The van der Waals surface area contributed by atoms with E-state index in [1.54, 1.807) is 27.9 Å². The van der Waals surface area contributed by atoms with Gasteiger partial charge in [0, 0.05) is 35.8 Å². The summed E-state index contributed by atoms with van der Waals surface area (Å²) in [7, 11) is 0. The van der Waals surface area contributed by atoms with E-state index in [1.165, 1.54) is 0 Å². The van der Waals surface area contributed by atoms with Gasteiger partial charge in [0.1, 0.15) is 5.69 Å². The normalized spacial score (nSPS) is 14.7. The lowest BCUT2D eigenvalue weighted by Crippen LogP contribution is -2.41. The molecule has 0 bridgehead atoms. The van der Waals surface area contributed by atoms with Crippen LogP contribution in [0, 0.1) is 5.92 Å². The fourth-order valence-electron chi connectivity index (χ4n) is 3.60. The van der Waals surface area contributed by atoms with Gasteiger partial charge in [0.25, 0.3) is 5.91 Å². The number of amides is 2. The molecule has 148 valence electrons. The molecule has 0 aliphatic carbocycles. The molecule has 2 aromatic carbocycles. The van der Waals surface area contributed by atoms with Gasteiger partial charge in [0.05, 0.1) is 11.3 Å². The van der Waals surface area contributed by atoms with Crippen LogP contribution in [-0.4, -0.2) is 39.6 Å². The Bertz CT molecular complexity index is 1020. The van der Waals surface area contributed by atoms with E-state index in [0.717, 1.165) is 11.3 Å². The highest BCUT2D eigenvalue weighted by atomic mass is 35.5. The van der Waals surface area contributed by atoms with Crippen molar-refractivity contribution in [2.45, 2.75) is 12.8 Å². The first-order valence-corrected chi connectivity index (χ1v) is 9.90. The molecule has 2 heterocycles. The van der Waals surface area contributed by atoms with Crippen molar-refractivity contribution in [2.24, 2.45) is 11.7 Å². The maximum absolute atomic E-state index is 13.3. The number of piperidine rings is 1. The molecule has 0 spiro atoms. The lowest BCUT2D eigenvalue weighted by molar-refractivity contribution is -0.123. The molecule has 1 fully saturated rings. The molecule has 4 rings (SSSR count). The predicted octanol–water partition coefficient (Wildman–Crippen LogP) is 3.53. The quantitative estimate of drug-likeness (QED) is 0.717. The van der Waals surface area contributed by atoms with Crippen LogP contribution in [0.1, 0.15) is 23.2 Å². The number of rotatable bonds is 4. The van der Waals surface area contributed by atoms with Crippen LogP contribution in [0.5, 0.6) is 0 Å². The van der Waals surface area contributed by atoms with Crippen LogP contribution in [0.3, 0.4) is 0 Å². The van der Waals surface area contributed by atoms with Crippen molar-refractivity contribution in [1.29, 1.82) is 0 Å². The summed E-state index contributed by atoms with van der Waals surface area (Å²) in [6.07, 6.45) is 2.94. The molecule has 0 radical (unpaired) electrons. The number of halogens is 1. The van der Waals surface area contributed by atoms with Crippen LogP contribution in [-0.2, 0) is 4.79 Å². The van der Waals surface area contributed by atoms with Crippen LogP contribution in [0.2, 0.25) is 5.02 Å². The molecule has 1 aliphatic rings. The molecule has 1 aromatic heterocycles. The largest absolute Gasteiger partial charge is 0.369 e. The molecule has 0 unspecified atom stereocenters. The smallest absolute Gasteiger partial charge is 0.257 e. The molecule has 2 N–H and O–H groups in total. The zero-order valence-corrected chi connectivity index (χ0v) is 16.5. The lowest BCUT2D eigenvalue weighted by Gasteiger charge is -2.30. The van der Waals surface area contributed by atoms with Crippen LogP contribution in [0.25, 0.3) is 16.9 Å². The highest BCUT2D eigenvalue weighted by Crippen LogP contribution is 2.28. The van der Waals surface area contributed by atoms with Crippen molar-refractivity contribution in [3.63, 3.8) is 0 Å². The summed E-state index contributed by atoms with van der Waals surface area (Å²) < 4.78 is 1.72. The Labute approximate surface area is 173 Å². The van der Waals surface area contributed by atoms with E-state index in [4.69, 9.17) is 22.4 Å². The van der Waals surface area contributed by atoms with E-state index in [-0.39, 0.29) is 17.7 Å². The number of para-hydroxylation sites is 1. The highest BCUT2D eigenvalue weighted by Gasteiger charge is 2.29. The van der Waals surface area contributed by atoms with Crippen LogP contribution < -0.4 is 5.73 Å². The van der Waals surface area contributed by atoms with Gasteiger partial charge in [-0.1, -0.05) is 41.9 Å². The maximum atomic E-state index is 13.3. The minimum Gasteiger partial charge on any atom is -0.369 e. The second-order valence-electron chi connectivity index (χ2n) is 7.15. The maximum Gasteiger partial charge on any atom is 0.257 e. The number of primary amides is 1. The third kappa shape index (κ3) is 4.03. The highest BCUT2D eigenvalue weighted by molar-refractivity contribution is 6.30. The zero-order chi connectivity index (χ0) is 20.4. The van der Waals surface area contributed by atoms with Gasteiger partial charge in [0.15, 0.2) is 0 Å². The molecule has 3 aromatic rings. The Morgan fingerprint density at radius 3 is 2.28 bits per heavy atom. The van der Waals surface area contributed by atoms with Gasteiger partial charge in [-0.15, -0.1) is 0 Å². The van der Waals surface area contributed by atoms with Crippen molar-refractivity contribution >= 4 is 23.4 Å². The van der Waals surface area contributed by atoms with E-state index >= 15 is 0 Å². The number of hydrogen-bond donors (Lipinski definition) is 1. The third-order valence-electron chi connectivity index (χ3n) is 5.27. The molecule has 1 aliphatic heterocycles. The topological polar surface area (TPSA) is 81.2 Å². The fraction of sp³-hybridized carbons (Fsp3) is 0.227. The Kier molecular flexibility index (Phi) is 5.36. The monoisotopic (exact) mass is 408 g/mol. The average Bonchev–Trinajstić information content (AvgIpc) is 3.20. The second-order valence-corrected chi connectivity index (χ2v) is 7.58. The Morgan fingerprint density at radius 1 is 1.00 bits per heavy atom. The van der Waals surface area contributed by atoms with Gasteiger partial charge in [-0.25, -0.2) is 4.68 Å². The Balaban J connectivity index is 1.69. The molecule has 0 saturated carbocycles. The summed E-state index contributed by atoms with van der Waals surface area (Å²) in [5.74, 6) is -0.558. The standard InChI is InChI=1S/C22H21ClN4O2/c23-17-8-6-15(7-9-17)20-19(14-27(25-20)18-4-2-1-3-5-18)22(29)26-12-10-16(11-13-26)21(24)28/h1-9,14,16H,10-13H2,(H2,24,28). The lowest BCUT2D eigenvalue weighted by atomic mass is 9.95. The number of hydrogen-bond acceptors (Lipinski definition) is 3. The number of carbonyl (C=O) groups excluding carboxylic acids is 2. The fourth-order valence-corrected chi connectivity index (χ4v) is 3.73. The molecule has 1 saturated heterocycles. The minimum absolute atomic E-state index is 0.0972. The number of carbonyl (C=O) groups is 2. The van der Waals surface area contributed by atoms with Gasteiger partial charge in [-0.2, -0.15) is 5.10 Å². The SMILES string of the molecule is NC(=O)C1CCN(C(=O)c2cn(-c3ccccc3)nc2-c2ccc(Cl)cc2)CC1. The number of likely N-dealkylation sites (tertiary alicyclic amines) is 1. The molecule has 2 amide bonds. The summed E-state index contributed by atoms with van der Waals surface area (Å²) >= 11 is 6.02. The Morgan fingerprint density at radius 2 is 1.66 bits per heavy atom. The summed E-state index contributed by atoms with van der Waals surface area (Å²) in [4.78, 5) is 26.5. The summed E-state index contributed by atoms with van der Waals surface area (Å²) in [5.41, 5.74) is 8.23. The first-order valence-electron chi connectivity index (χ1n) is 9.52. The van der Waals surface area contributed by atoms with Gasteiger partial charge >= 0.3 is 0 Å². The molecule has 6 nitrogen and oxygen atoms in total. The van der Waals surface area contributed by atoms with Crippen molar-refractivity contribution in [2.75, 3.05) is 13.1 Å². The molecular weight excluding hydrogens is 388 g/mol. The van der Waals surface area contributed by atoms with Crippen molar-refractivity contribution in [3.05, 3.63) is 71.4 Å².